The van der Waals surface area contributed by atoms with Crippen molar-refractivity contribution in [3.63, 3.8) is 0 Å². The fourth-order valence-corrected chi connectivity index (χ4v) is 1.06. The summed E-state index contributed by atoms with van der Waals surface area (Å²) in [6.07, 6.45) is 2.84. The lowest BCUT2D eigenvalue weighted by Gasteiger charge is -1.99. The van der Waals surface area contributed by atoms with Crippen LogP contribution < -0.4 is 5.48 Å². The fourth-order valence-electron chi connectivity index (χ4n) is 1.06. The second-order valence-electron chi connectivity index (χ2n) is 3.11. The average molecular weight is 203 g/mol. The standard InChI is InChI=1S/C9H17NO4/c11-7-3-5-8(12)4-1-2-6-9(13)10-14/h11,14H,1-7H2,(H,10,13). The Hall–Kier alpha value is -0.940. The third-order valence-corrected chi connectivity index (χ3v) is 1.85. The molecule has 5 heteroatoms. The van der Waals surface area contributed by atoms with Crippen molar-refractivity contribution in [3.05, 3.63) is 0 Å². The van der Waals surface area contributed by atoms with E-state index in [1.165, 1.54) is 5.48 Å². The maximum atomic E-state index is 11.1. The van der Waals surface area contributed by atoms with E-state index < -0.39 is 5.91 Å². The Balaban J connectivity index is 3.27. The zero-order valence-electron chi connectivity index (χ0n) is 8.16. The molecule has 0 unspecified atom stereocenters. The van der Waals surface area contributed by atoms with Gasteiger partial charge in [0.05, 0.1) is 0 Å². The Morgan fingerprint density at radius 3 is 2.14 bits per heavy atom. The number of rotatable bonds is 8. The summed E-state index contributed by atoms with van der Waals surface area (Å²) in [5, 5.41) is 16.6. The SMILES string of the molecule is O=C(CCCO)CCCCC(=O)NO. The molecular formula is C9H17NO4. The van der Waals surface area contributed by atoms with Crippen LogP contribution in [0.3, 0.4) is 0 Å². The van der Waals surface area contributed by atoms with Crippen LogP contribution in [-0.2, 0) is 9.59 Å². The molecule has 0 aromatic carbocycles. The molecule has 1 amide bonds. The summed E-state index contributed by atoms with van der Waals surface area (Å²) in [6, 6.07) is 0. The van der Waals surface area contributed by atoms with Gasteiger partial charge in [-0.2, -0.15) is 0 Å². The van der Waals surface area contributed by atoms with E-state index in [1.54, 1.807) is 0 Å². The molecule has 0 aliphatic carbocycles. The van der Waals surface area contributed by atoms with Crippen LogP contribution in [-0.4, -0.2) is 28.6 Å². The quantitative estimate of drug-likeness (QED) is 0.302. The lowest BCUT2D eigenvalue weighted by atomic mass is 10.1. The Morgan fingerprint density at radius 2 is 1.57 bits per heavy atom. The number of nitrogens with one attached hydrogen (secondary N) is 1. The molecule has 0 bridgehead atoms. The van der Waals surface area contributed by atoms with Gasteiger partial charge in [0.15, 0.2) is 0 Å². The zero-order chi connectivity index (χ0) is 10.8. The van der Waals surface area contributed by atoms with E-state index in [4.69, 9.17) is 10.3 Å². The number of aliphatic hydroxyl groups is 1. The van der Waals surface area contributed by atoms with E-state index in [-0.39, 0.29) is 18.8 Å². The molecule has 5 nitrogen and oxygen atoms in total. The Morgan fingerprint density at radius 1 is 1.00 bits per heavy atom. The van der Waals surface area contributed by atoms with Gasteiger partial charge >= 0.3 is 0 Å². The van der Waals surface area contributed by atoms with Crippen molar-refractivity contribution in [3.8, 4) is 0 Å². The first-order chi connectivity index (χ1) is 6.70. The van der Waals surface area contributed by atoms with Crippen molar-refractivity contribution < 1.29 is 19.9 Å². The van der Waals surface area contributed by atoms with Gasteiger partial charge in [0.1, 0.15) is 5.78 Å². The maximum absolute atomic E-state index is 11.1. The van der Waals surface area contributed by atoms with E-state index in [9.17, 15) is 9.59 Å². The van der Waals surface area contributed by atoms with Crippen molar-refractivity contribution >= 4 is 11.7 Å². The van der Waals surface area contributed by atoms with E-state index >= 15 is 0 Å². The second kappa shape index (κ2) is 8.65. The van der Waals surface area contributed by atoms with Crippen molar-refractivity contribution in [2.75, 3.05) is 6.61 Å². The predicted octanol–water partition coefficient (Wildman–Crippen LogP) is 0.394. The molecule has 14 heavy (non-hydrogen) atoms. The molecule has 0 aromatic rings. The highest BCUT2D eigenvalue weighted by Crippen LogP contribution is 2.03. The smallest absolute Gasteiger partial charge is 0.243 e. The van der Waals surface area contributed by atoms with Gasteiger partial charge in [-0.1, -0.05) is 0 Å². The average Bonchev–Trinajstić information content (AvgIpc) is 2.21. The van der Waals surface area contributed by atoms with Crippen molar-refractivity contribution in [1.82, 2.24) is 5.48 Å². The van der Waals surface area contributed by atoms with Crippen molar-refractivity contribution in [1.29, 1.82) is 0 Å². The highest BCUT2D eigenvalue weighted by Gasteiger charge is 2.03. The minimum Gasteiger partial charge on any atom is -0.396 e. The fraction of sp³-hybridized carbons (Fsp3) is 0.778. The molecule has 0 rings (SSSR count). The van der Waals surface area contributed by atoms with Crippen molar-refractivity contribution in [2.24, 2.45) is 0 Å². The zero-order valence-corrected chi connectivity index (χ0v) is 8.16. The number of ketones is 1. The lowest BCUT2D eigenvalue weighted by molar-refractivity contribution is -0.129. The van der Waals surface area contributed by atoms with E-state index in [0.29, 0.717) is 32.1 Å². The molecule has 0 saturated heterocycles. The van der Waals surface area contributed by atoms with Gasteiger partial charge < -0.3 is 5.11 Å². The molecule has 0 radical (unpaired) electrons. The monoisotopic (exact) mass is 203 g/mol. The first-order valence-corrected chi connectivity index (χ1v) is 4.76. The molecule has 0 aliphatic rings. The van der Waals surface area contributed by atoms with Gasteiger partial charge in [-0.05, 0) is 19.3 Å². The number of unbranched alkanes of at least 4 members (excludes halogenated alkanes) is 1. The van der Waals surface area contributed by atoms with Crippen LogP contribution in [0.4, 0.5) is 0 Å². The van der Waals surface area contributed by atoms with Gasteiger partial charge in [0, 0.05) is 25.9 Å². The predicted molar refractivity (Wildman–Crippen MR) is 49.7 cm³/mol. The van der Waals surface area contributed by atoms with Gasteiger partial charge in [-0.15, -0.1) is 0 Å². The summed E-state index contributed by atoms with van der Waals surface area (Å²) in [5.41, 5.74) is 1.53. The van der Waals surface area contributed by atoms with E-state index in [2.05, 4.69) is 0 Å². The largest absolute Gasteiger partial charge is 0.396 e. The molecule has 82 valence electrons. The summed E-state index contributed by atoms with van der Waals surface area (Å²) >= 11 is 0. The van der Waals surface area contributed by atoms with Crippen LogP contribution >= 0.6 is 0 Å². The summed E-state index contributed by atoms with van der Waals surface area (Å²) in [6.45, 7) is 0.0403. The highest BCUT2D eigenvalue weighted by molar-refractivity contribution is 5.78. The van der Waals surface area contributed by atoms with Crippen LogP contribution in [0, 0.1) is 0 Å². The minimum atomic E-state index is -0.423. The summed E-state index contributed by atoms with van der Waals surface area (Å²) < 4.78 is 0. The normalized spacial score (nSPS) is 9.86. The van der Waals surface area contributed by atoms with Gasteiger partial charge in [-0.3, -0.25) is 14.8 Å². The summed E-state index contributed by atoms with van der Waals surface area (Å²) in [4.78, 5) is 21.6. The topological polar surface area (TPSA) is 86.6 Å². The molecule has 0 atom stereocenters. The Kier molecular flexibility index (Phi) is 8.07. The third kappa shape index (κ3) is 7.70. The molecule has 0 saturated carbocycles. The minimum absolute atomic E-state index is 0.0403. The Labute approximate surface area is 83.1 Å². The van der Waals surface area contributed by atoms with Crippen LogP contribution in [0.5, 0.6) is 0 Å². The number of hydrogen-bond acceptors (Lipinski definition) is 4. The lowest BCUT2D eigenvalue weighted by Crippen LogP contribution is -2.17. The van der Waals surface area contributed by atoms with Crippen molar-refractivity contribution in [2.45, 2.75) is 38.5 Å². The first kappa shape index (κ1) is 13.1. The van der Waals surface area contributed by atoms with Crippen LogP contribution in [0.2, 0.25) is 0 Å². The van der Waals surface area contributed by atoms with Gasteiger partial charge in [0.25, 0.3) is 0 Å². The number of aliphatic hydroxyl groups excluding tert-OH is 1. The third-order valence-electron chi connectivity index (χ3n) is 1.85. The summed E-state index contributed by atoms with van der Waals surface area (Å²) in [7, 11) is 0. The van der Waals surface area contributed by atoms with E-state index in [0.717, 1.165) is 0 Å². The molecule has 0 heterocycles. The maximum Gasteiger partial charge on any atom is 0.243 e. The number of hydrogen-bond donors (Lipinski definition) is 3. The molecular weight excluding hydrogens is 186 g/mol. The number of hydroxylamine groups is 1. The number of carbonyl (C=O) groups is 2. The molecule has 0 aromatic heterocycles. The molecule has 0 aliphatic heterocycles. The molecule has 0 fully saturated rings. The van der Waals surface area contributed by atoms with Gasteiger partial charge in [-0.25, -0.2) is 5.48 Å². The number of amides is 1. The first-order valence-electron chi connectivity index (χ1n) is 4.76. The van der Waals surface area contributed by atoms with E-state index in [1.807, 2.05) is 0 Å². The van der Waals surface area contributed by atoms with Crippen LogP contribution in [0.15, 0.2) is 0 Å². The number of carbonyl (C=O) groups excluding carboxylic acids is 2. The molecule has 3 N–H and O–H groups in total. The second-order valence-corrected chi connectivity index (χ2v) is 3.11. The van der Waals surface area contributed by atoms with Crippen LogP contribution in [0.1, 0.15) is 38.5 Å². The molecule has 0 spiro atoms. The number of Topliss-reactive ketones (excluding diaryl/α,β-unsaturated/α-hetero) is 1. The Bertz CT molecular complexity index is 182. The van der Waals surface area contributed by atoms with Crippen LogP contribution in [0.25, 0.3) is 0 Å². The highest BCUT2D eigenvalue weighted by atomic mass is 16.5. The summed E-state index contributed by atoms with van der Waals surface area (Å²) in [5.74, 6) is -0.309. The van der Waals surface area contributed by atoms with Gasteiger partial charge in [0.2, 0.25) is 5.91 Å².